The Kier molecular flexibility index (Phi) is 5.94. The molecule has 1 saturated heterocycles. The van der Waals surface area contributed by atoms with Gasteiger partial charge in [-0.1, -0.05) is 0 Å². The Balaban J connectivity index is 1.54. The van der Waals surface area contributed by atoms with Gasteiger partial charge in [-0.15, -0.1) is 0 Å². The molecule has 0 radical (unpaired) electrons. The first kappa shape index (κ1) is 18.0. The highest BCUT2D eigenvalue weighted by molar-refractivity contribution is 5.96. The molecule has 1 aromatic heterocycles. The normalized spacial score (nSPS) is 15.2. The molecular weight excluding hydrogens is 328 g/mol. The predicted molar refractivity (Wildman–Crippen MR) is 105 cm³/mol. The van der Waals surface area contributed by atoms with Gasteiger partial charge in [-0.2, -0.15) is 0 Å². The third kappa shape index (κ3) is 4.65. The summed E-state index contributed by atoms with van der Waals surface area (Å²) in [7, 11) is 1.57. The van der Waals surface area contributed by atoms with E-state index in [2.05, 4.69) is 32.7 Å². The van der Waals surface area contributed by atoms with Crippen LogP contribution in [0.15, 0.2) is 42.6 Å². The zero-order chi connectivity index (χ0) is 18.4. The zero-order valence-electron chi connectivity index (χ0n) is 15.4. The third-order valence-electron chi connectivity index (χ3n) is 4.58. The van der Waals surface area contributed by atoms with Crippen molar-refractivity contribution in [1.29, 1.82) is 0 Å². The fourth-order valence-electron chi connectivity index (χ4n) is 3.06. The van der Waals surface area contributed by atoms with Crippen LogP contribution >= 0.6 is 0 Å². The molecule has 2 aromatic rings. The number of nitrogens with one attached hydrogen (secondary N) is 2. The highest BCUT2D eigenvalue weighted by atomic mass is 16.5. The van der Waals surface area contributed by atoms with Gasteiger partial charge in [0.25, 0.3) is 0 Å². The number of hydrogen-bond acceptors (Lipinski definition) is 5. The van der Waals surface area contributed by atoms with Crippen LogP contribution in [0.2, 0.25) is 0 Å². The molecule has 6 nitrogen and oxygen atoms in total. The minimum absolute atomic E-state index is 0.0912. The lowest BCUT2D eigenvalue weighted by molar-refractivity contribution is -0.116. The second-order valence-corrected chi connectivity index (χ2v) is 6.54. The first-order chi connectivity index (χ1) is 12.7. The number of amides is 1. The lowest BCUT2D eigenvalue weighted by atomic mass is 10.1. The van der Waals surface area contributed by atoms with Crippen molar-refractivity contribution in [3.05, 3.63) is 42.6 Å². The highest BCUT2D eigenvalue weighted by Gasteiger charge is 2.14. The summed E-state index contributed by atoms with van der Waals surface area (Å²) in [5.41, 5.74) is 2.80. The van der Waals surface area contributed by atoms with Crippen molar-refractivity contribution in [2.24, 2.45) is 0 Å². The Morgan fingerprint density at radius 2 is 1.77 bits per heavy atom. The predicted octanol–water partition coefficient (Wildman–Crippen LogP) is 3.52. The molecular formula is C20H26N4O2. The van der Waals surface area contributed by atoms with Gasteiger partial charge >= 0.3 is 0 Å². The van der Waals surface area contributed by atoms with Crippen molar-refractivity contribution in [2.75, 3.05) is 35.7 Å². The molecule has 6 heteroatoms. The van der Waals surface area contributed by atoms with Crippen LogP contribution in [-0.4, -0.2) is 37.1 Å². The maximum Gasteiger partial charge on any atom is 0.246 e. The van der Waals surface area contributed by atoms with Crippen molar-refractivity contribution in [1.82, 2.24) is 4.98 Å². The van der Waals surface area contributed by atoms with Gasteiger partial charge in [-0.05, 0) is 56.5 Å². The van der Waals surface area contributed by atoms with Crippen LogP contribution in [0.5, 0.6) is 5.88 Å². The molecule has 138 valence electrons. The molecule has 0 unspecified atom stereocenters. The molecule has 1 atom stereocenters. The van der Waals surface area contributed by atoms with E-state index < -0.39 is 0 Å². The number of carbonyl (C=O) groups excluding carboxylic acids is 1. The summed E-state index contributed by atoms with van der Waals surface area (Å²) in [4.78, 5) is 18.9. The number of methoxy groups -OCH3 is 1. The first-order valence-corrected chi connectivity index (χ1v) is 9.08. The Labute approximate surface area is 154 Å². The highest BCUT2D eigenvalue weighted by Crippen LogP contribution is 2.22. The molecule has 3 rings (SSSR count). The molecule has 1 aromatic carbocycles. The maximum absolute atomic E-state index is 12.4. The lowest BCUT2D eigenvalue weighted by Gasteiger charge is -2.28. The number of anilines is 3. The van der Waals surface area contributed by atoms with Crippen LogP contribution < -0.4 is 20.3 Å². The van der Waals surface area contributed by atoms with Crippen LogP contribution in [-0.2, 0) is 4.79 Å². The molecule has 0 aliphatic carbocycles. The molecule has 26 heavy (non-hydrogen) atoms. The van der Waals surface area contributed by atoms with Crippen molar-refractivity contribution >= 4 is 23.0 Å². The van der Waals surface area contributed by atoms with E-state index in [-0.39, 0.29) is 11.9 Å². The van der Waals surface area contributed by atoms with E-state index >= 15 is 0 Å². The Morgan fingerprint density at radius 3 is 2.38 bits per heavy atom. The minimum Gasteiger partial charge on any atom is -0.481 e. The van der Waals surface area contributed by atoms with E-state index in [1.165, 1.54) is 24.9 Å². The molecule has 1 amide bonds. The second-order valence-electron chi connectivity index (χ2n) is 6.54. The first-order valence-electron chi connectivity index (χ1n) is 9.08. The zero-order valence-corrected chi connectivity index (χ0v) is 15.4. The van der Waals surface area contributed by atoms with Gasteiger partial charge in [0.2, 0.25) is 11.8 Å². The van der Waals surface area contributed by atoms with E-state index in [1.807, 2.05) is 25.1 Å². The van der Waals surface area contributed by atoms with Gasteiger partial charge in [0, 0.05) is 30.5 Å². The van der Waals surface area contributed by atoms with Gasteiger partial charge in [0.15, 0.2) is 0 Å². The lowest BCUT2D eigenvalue weighted by Crippen LogP contribution is -2.32. The van der Waals surface area contributed by atoms with Crippen LogP contribution in [0.25, 0.3) is 0 Å². The van der Waals surface area contributed by atoms with Gasteiger partial charge in [-0.3, -0.25) is 4.79 Å². The van der Waals surface area contributed by atoms with Gasteiger partial charge in [0.1, 0.15) is 6.04 Å². The fourth-order valence-corrected chi connectivity index (χ4v) is 3.06. The molecule has 0 spiro atoms. The maximum atomic E-state index is 12.4. The molecule has 2 heterocycles. The average molecular weight is 354 g/mol. The number of carbonyl (C=O) groups is 1. The van der Waals surface area contributed by atoms with Gasteiger partial charge in [-0.25, -0.2) is 4.98 Å². The number of aromatic nitrogens is 1. The van der Waals surface area contributed by atoms with Crippen LogP contribution in [0.3, 0.4) is 0 Å². The number of benzene rings is 1. The SMILES string of the molecule is COc1ccc(N[C@@H](C)C(=O)Nc2ccc(N3CCCCC3)cc2)cn1. The summed E-state index contributed by atoms with van der Waals surface area (Å²) in [5, 5.41) is 6.09. The quantitative estimate of drug-likeness (QED) is 0.831. The van der Waals surface area contributed by atoms with Gasteiger partial charge in [0.05, 0.1) is 19.0 Å². The molecule has 0 bridgehead atoms. The fraction of sp³-hybridized carbons (Fsp3) is 0.400. The summed E-state index contributed by atoms with van der Waals surface area (Å²) >= 11 is 0. The summed E-state index contributed by atoms with van der Waals surface area (Å²) in [6, 6.07) is 11.3. The van der Waals surface area contributed by atoms with E-state index in [0.29, 0.717) is 5.88 Å². The largest absolute Gasteiger partial charge is 0.481 e. The number of rotatable bonds is 6. The monoisotopic (exact) mass is 354 g/mol. The molecule has 1 aliphatic heterocycles. The van der Waals surface area contributed by atoms with Crippen molar-refractivity contribution in [3.8, 4) is 5.88 Å². The average Bonchev–Trinajstić information content (AvgIpc) is 2.70. The van der Waals surface area contributed by atoms with E-state index in [4.69, 9.17) is 4.74 Å². The van der Waals surface area contributed by atoms with E-state index in [9.17, 15) is 4.79 Å². The third-order valence-corrected chi connectivity index (χ3v) is 4.58. The van der Waals surface area contributed by atoms with Crippen LogP contribution in [0.1, 0.15) is 26.2 Å². The number of piperidine rings is 1. The standard InChI is InChI=1S/C20H26N4O2/c1-15(22-17-8-11-19(26-2)21-14-17)20(25)23-16-6-9-18(10-7-16)24-12-4-3-5-13-24/h6-11,14-15,22H,3-5,12-13H2,1-2H3,(H,23,25)/t15-/m0/s1. The van der Waals surface area contributed by atoms with E-state index in [1.54, 1.807) is 19.4 Å². The van der Waals surface area contributed by atoms with Gasteiger partial charge < -0.3 is 20.3 Å². The Morgan fingerprint density at radius 1 is 1.08 bits per heavy atom. The van der Waals surface area contributed by atoms with Crippen LogP contribution in [0.4, 0.5) is 17.1 Å². The Hall–Kier alpha value is -2.76. The topological polar surface area (TPSA) is 66.5 Å². The molecule has 2 N–H and O–H groups in total. The van der Waals surface area contributed by atoms with Crippen molar-refractivity contribution in [3.63, 3.8) is 0 Å². The van der Waals surface area contributed by atoms with Crippen molar-refractivity contribution < 1.29 is 9.53 Å². The molecule has 0 saturated carbocycles. The minimum atomic E-state index is -0.382. The Bertz CT molecular complexity index is 710. The summed E-state index contributed by atoms with van der Waals surface area (Å²) in [6.45, 7) is 4.05. The number of hydrogen-bond donors (Lipinski definition) is 2. The summed E-state index contributed by atoms with van der Waals surface area (Å²) < 4.78 is 5.03. The smallest absolute Gasteiger partial charge is 0.246 e. The van der Waals surface area contributed by atoms with Crippen LogP contribution in [0, 0.1) is 0 Å². The number of ether oxygens (including phenoxy) is 1. The van der Waals surface area contributed by atoms with Crippen molar-refractivity contribution in [2.45, 2.75) is 32.2 Å². The second kappa shape index (κ2) is 8.56. The van der Waals surface area contributed by atoms with E-state index in [0.717, 1.165) is 24.5 Å². The number of nitrogens with zero attached hydrogens (tertiary/aromatic N) is 2. The summed E-state index contributed by atoms with van der Waals surface area (Å²) in [6.07, 6.45) is 5.47. The number of pyridine rings is 1. The summed E-state index contributed by atoms with van der Waals surface area (Å²) in [5.74, 6) is 0.452. The molecule has 1 aliphatic rings. The molecule has 1 fully saturated rings.